The minimum absolute atomic E-state index is 0.0471. The minimum atomic E-state index is -0.641. The Balaban J connectivity index is 1.13. The van der Waals surface area contributed by atoms with E-state index in [0.29, 0.717) is 38.8 Å². The summed E-state index contributed by atoms with van der Waals surface area (Å²) in [5, 5.41) is 0. The molecule has 1 saturated carbocycles. The van der Waals surface area contributed by atoms with E-state index in [4.69, 9.17) is 9.47 Å². The Morgan fingerprint density at radius 1 is 0.634 bits per heavy atom. The molecule has 3 fully saturated rings. The zero-order chi connectivity index (χ0) is 28.3. The molecule has 2 heterocycles. The molecule has 2 aliphatic heterocycles. The van der Waals surface area contributed by atoms with Crippen molar-refractivity contribution in [1.29, 1.82) is 0 Å². The number of likely N-dealkylation sites (tertiary alicyclic amines) is 2. The van der Waals surface area contributed by atoms with E-state index in [-0.39, 0.29) is 36.9 Å². The van der Waals surface area contributed by atoms with Crippen molar-refractivity contribution in [1.82, 2.24) is 9.80 Å². The first kappa shape index (κ1) is 27.2. The zero-order valence-electron chi connectivity index (χ0n) is 23.1. The van der Waals surface area contributed by atoms with Gasteiger partial charge in [-0.3, -0.25) is 9.59 Å². The van der Waals surface area contributed by atoms with Crippen LogP contribution in [0.3, 0.4) is 0 Å². The SMILES string of the molecule is O=C(OCc1ccccc1)[C@@H]1CCCN1C(=O)[C@H]1[C@H](C(=O)N2CCC[C@H]2C(=O)OCc2ccccc2)[C@H]2C=C[C@@H]1C2. The van der Waals surface area contributed by atoms with Crippen molar-refractivity contribution in [3.63, 3.8) is 0 Å². The third kappa shape index (κ3) is 5.52. The Hall–Kier alpha value is -3.94. The van der Waals surface area contributed by atoms with Gasteiger partial charge in [-0.15, -0.1) is 0 Å². The normalized spacial score (nSPS) is 28.2. The molecule has 2 aliphatic carbocycles. The molecule has 0 spiro atoms. The van der Waals surface area contributed by atoms with Crippen LogP contribution in [0.5, 0.6) is 0 Å². The Bertz CT molecular complexity index is 1210. The summed E-state index contributed by atoms with van der Waals surface area (Å²) in [5.41, 5.74) is 1.78. The molecule has 41 heavy (non-hydrogen) atoms. The first-order chi connectivity index (χ1) is 20.0. The second-order valence-electron chi connectivity index (χ2n) is 11.6. The first-order valence-electron chi connectivity index (χ1n) is 14.7. The van der Waals surface area contributed by atoms with E-state index in [2.05, 4.69) is 0 Å². The van der Waals surface area contributed by atoms with Gasteiger partial charge in [0.25, 0.3) is 0 Å². The standard InChI is InChI=1S/C33H36N2O6/c36-30(34-17-7-13-26(34)32(38)40-20-22-9-3-1-4-10-22)28-24-15-16-25(19-24)29(28)31(37)35-18-8-14-27(35)33(39)41-21-23-11-5-2-6-12-23/h1-6,9-12,15-16,24-29H,7-8,13-14,17-21H2/t24-,25+,26-,27-,28+,29+/m0/s1. The molecule has 0 aromatic heterocycles. The molecule has 6 rings (SSSR count). The number of fused-ring (bicyclic) bond motifs is 2. The fraction of sp³-hybridized carbons (Fsp3) is 0.455. The van der Waals surface area contributed by atoms with E-state index in [1.165, 1.54) is 0 Å². The highest BCUT2D eigenvalue weighted by Gasteiger charge is 2.56. The number of esters is 2. The molecule has 8 heteroatoms. The lowest BCUT2D eigenvalue weighted by Gasteiger charge is -2.35. The molecule has 0 N–H and O–H groups in total. The van der Waals surface area contributed by atoms with Gasteiger partial charge in [0, 0.05) is 13.1 Å². The van der Waals surface area contributed by atoms with Crippen LogP contribution in [-0.2, 0) is 41.9 Å². The maximum absolute atomic E-state index is 14.1. The van der Waals surface area contributed by atoms with E-state index in [9.17, 15) is 19.2 Å². The van der Waals surface area contributed by atoms with Gasteiger partial charge in [0.1, 0.15) is 25.3 Å². The number of ether oxygens (including phenoxy) is 2. The molecule has 0 unspecified atom stereocenters. The zero-order valence-corrected chi connectivity index (χ0v) is 23.1. The van der Waals surface area contributed by atoms with E-state index < -0.39 is 35.9 Å². The lowest BCUT2D eigenvalue weighted by Crippen LogP contribution is -2.51. The molecule has 2 saturated heterocycles. The molecule has 2 aromatic rings. The smallest absolute Gasteiger partial charge is 0.329 e. The quantitative estimate of drug-likeness (QED) is 0.362. The summed E-state index contributed by atoms with van der Waals surface area (Å²) < 4.78 is 11.2. The molecule has 0 radical (unpaired) electrons. The summed E-state index contributed by atoms with van der Waals surface area (Å²) in [5.74, 6) is -2.28. The number of carbonyl (C=O) groups excluding carboxylic acids is 4. The van der Waals surface area contributed by atoms with E-state index in [1.807, 2.05) is 72.8 Å². The van der Waals surface area contributed by atoms with E-state index in [1.54, 1.807) is 9.80 Å². The van der Waals surface area contributed by atoms with Gasteiger partial charge in [0.2, 0.25) is 11.8 Å². The Kier molecular flexibility index (Phi) is 7.90. The van der Waals surface area contributed by atoms with E-state index in [0.717, 1.165) is 17.5 Å². The Morgan fingerprint density at radius 3 is 1.46 bits per heavy atom. The summed E-state index contributed by atoms with van der Waals surface area (Å²) >= 11 is 0. The summed E-state index contributed by atoms with van der Waals surface area (Å²) in [4.78, 5) is 57.5. The van der Waals surface area contributed by atoms with Crippen LogP contribution in [0, 0.1) is 23.7 Å². The lowest BCUT2D eigenvalue weighted by molar-refractivity contribution is -0.160. The van der Waals surface area contributed by atoms with Crippen LogP contribution in [-0.4, -0.2) is 58.7 Å². The summed E-state index contributed by atoms with van der Waals surface area (Å²) in [7, 11) is 0. The van der Waals surface area contributed by atoms with Crippen LogP contribution in [0.1, 0.15) is 43.2 Å². The van der Waals surface area contributed by atoms with Crippen molar-refractivity contribution < 1.29 is 28.7 Å². The third-order valence-electron chi connectivity index (χ3n) is 9.09. The Labute approximate surface area is 240 Å². The maximum atomic E-state index is 14.1. The first-order valence-corrected chi connectivity index (χ1v) is 14.7. The van der Waals surface area contributed by atoms with Gasteiger partial charge < -0.3 is 19.3 Å². The molecule has 4 aliphatic rings. The van der Waals surface area contributed by atoms with Gasteiger partial charge in [-0.25, -0.2) is 9.59 Å². The molecule has 2 bridgehead atoms. The monoisotopic (exact) mass is 556 g/mol. The van der Waals surface area contributed by atoms with Crippen molar-refractivity contribution >= 4 is 23.8 Å². The number of amides is 2. The lowest BCUT2D eigenvalue weighted by atomic mass is 9.80. The predicted molar refractivity (Wildman–Crippen MR) is 150 cm³/mol. The van der Waals surface area contributed by atoms with Gasteiger partial charge in [0.15, 0.2) is 0 Å². The van der Waals surface area contributed by atoms with Gasteiger partial charge in [-0.2, -0.15) is 0 Å². The summed E-state index contributed by atoms with van der Waals surface area (Å²) in [6, 6.07) is 17.7. The van der Waals surface area contributed by atoms with Crippen molar-refractivity contribution in [2.45, 2.75) is 57.4 Å². The van der Waals surface area contributed by atoms with Crippen LogP contribution in [0.4, 0.5) is 0 Å². The minimum Gasteiger partial charge on any atom is -0.459 e. The highest BCUT2D eigenvalue weighted by Crippen LogP contribution is 2.50. The van der Waals surface area contributed by atoms with Crippen LogP contribution in [0.15, 0.2) is 72.8 Å². The highest BCUT2D eigenvalue weighted by atomic mass is 16.5. The van der Waals surface area contributed by atoms with Gasteiger partial charge >= 0.3 is 11.9 Å². The molecule has 2 aromatic carbocycles. The van der Waals surface area contributed by atoms with Crippen LogP contribution < -0.4 is 0 Å². The second-order valence-corrected chi connectivity index (χ2v) is 11.6. The summed E-state index contributed by atoms with van der Waals surface area (Å²) in [6.45, 7) is 1.26. The molecule has 8 nitrogen and oxygen atoms in total. The highest BCUT2D eigenvalue weighted by molar-refractivity contribution is 5.94. The number of carbonyl (C=O) groups is 4. The predicted octanol–water partition coefficient (Wildman–Crippen LogP) is 3.89. The largest absolute Gasteiger partial charge is 0.459 e. The molecular weight excluding hydrogens is 520 g/mol. The second kappa shape index (κ2) is 11.9. The number of hydrogen-bond acceptors (Lipinski definition) is 6. The van der Waals surface area contributed by atoms with Crippen molar-refractivity contribution in [3.8, 4) is 0 Å². The van der Waals surface area contributed by atoms with E-state index >= 15 is 0 Å². The maximum Gasteiger partial charge on any atom is 0.329 e. The van der Waals surface area contributed by atoms with Crippen LogP contribution >= 0.6 is 0 Å². The topological polar surface area (TPSA) is 93.2 Å². The average molecular weight is 557 g/mol. The van der Waals surface area contributed by atoms with Gasteiger partial charge in [0.05, 0.1) is 11.8 Å². The van der Waals surface area contributed by atoms with Gasteiger partial charge in [-0.1, -0.05) is 72.8 Å². The fourth-order valence-corrected chi connectivity index (χ4v) is 7.08. The van der Waals surface area contributed by atoms with Crippen molar-refractivity contribution in [2.75, 3.05) is 13.1 Å². The molecular formula is C33H36N2O6. The van der Waals surface area contributed by atoms with Crippen LogP contribution in [0.25, 0.3) is 0 Å². The molecule has 214 valence electrons. The average Bonchev–Trinajstić information content (AvgIpc) is 3.83. The number of allylic oxidation sites excluding steroid dienone is 2. The number of rotatable bonds is 8. The molecule has 6 atom stereocenters. The number of hydrogen-bond donors (Lipinski definition) is 0. The van der Waals surface area contributed by atoms with Crippen LogP contribution in [0.2, 0.25) is 0 Å². The van der Waals surface area contributed by atoms with Gasteiger partial charge in [-0.05, 0) is 55.1 Å². The Morgan fingerprint density at radius 2 is 1.05 bits per heavy atom. The summed E-state index contributed by atoms with van der Waals surface area (Å²) in [6.07, 6.45) is 7.37. The number of benzene rings is 2. The third-order valence-corrected chi connectivity index (χ3v) is 9.09. The van der Waals surface area contributed by atoms with Crippen molar-refractivity contribution in [2.24, 2.45) is 23.7 Å². The fourth-order valence-electron chi connectivity index (χ4n) is 7.08. The molecule has 2 amide bonds. The van der Waals surface area contributed by atoms with Crippen molar-refractivity contribution in [3.05, 3.63) is 83.9 Å². The number of nitrogens with zero attached hydrogens (tertiary/aromatic N) is 2.